The van der Waals surface area contributed by atoms with Gasteiger partial charge in [0, 0.05) is 17.5 Å². The molecule has 0 aliphatic heterocycles. The lowest BCUT2D eigenvalue weighted by Gasteiger charge is -2.12. The molecular formula is C21H24O2. The lowest BCUT2D eigenvalue weighted by Crippen LogP contribution is -2.04. The zero-order chi connectivity index (χ0) is 16.4. The Morgan fingerprint density at radius 2 is 1.83 bits per heavy atom. The van der Waals surface area contributed by atoms with Gasteiger partial charge in [0.25, 0.3) is 0 Å². The number of benzene rings is 2. The fourth-order valence-corrected chi connectivity index (χ4v) is 2.95. The van der Waals surface area contributed by atoms with Gasteiger partial charge in [-0.05, 0) is 54.0 Å². The van der Waals surface area contributed by atoms with Crippen molar-refractivity contribution in [3.63, 3.8) is 0 Å². The number of rotatable bonds is 6. The summed E-state index contributed by atoms with van der Waals surface area (Å²) in [6.07, 6.45) is 3.19. The van der Waals surface area contributed by atoms with Crippen LogP contribution in [-0.2, 0) is 0 Å². The van der Waals surface area contributed by atoms with E-state index in [1.165, 1.54) is 18.4 Å². The summed E-state index contributed by atoms with van der Waals surface area (Å²) in [5, 5.41) is 0. The van der Waals surface area contributed by atoms with Crippen molar-refractivity contribution in [1.82, 2.24) is 0 Å². The predicted octanol–water partition coefficient (Wildman–Crippen LogP) is 5.47. The summed E-state index contributed by atoms with van der Waals surface area (Å²) in [6, 6.07) is 14.4. The van der Waals surface area contributed by atoms with Crippen LogP contribution in [0.25, 0.3) is 11.1 Å². The first-order valence-electron chi connectivity index (χ1n) is 8.40. The van der Waals surface area contributed by atoms with Crippen LogP contribution in [0.1, 0.15) is 54.9 Å². The largest absolute Gasteiger partial charge is 0.496 e. The normalized spacial score (nSPS) is 14.1. The minimum atomic E-state index is 0.193. The molecule has 2 heteroatoms. The maximum Gasteiger partial charge on any atom is 0.163 e. The zero-order valence-electron chi connectivity index (χ0n) is 14.1. The molecule has 0 N–H and O–H groups in total. The van der Waals surface area contributed by atoms with E-state index in [0.717, 1.165) is 28.4 Å². The van der Waals surface area contributed by atoms with Crippen molar-refractivity contribution in [2.24, 2.45) is 5.92 Å². The SMILES string of the molecule is COc1ccc(C(=O)CC(C)C)cc1-c1ccc(C2CC2)cc1. The number of ether oxygens (including phenoxy) is 1. The Morgan fingerprint density at radius 1 is 1.13 bits per heavy atom. The van der Waals surface area contributed by atoms with Crippen molar-refractivity contribution in [2.75, 3.05) is 7.11 Å². The van der Waals surface area contributed by atoms with E-state index in [2.05, 4.69) is 38.1 Å². The molecule has 2 nitrogen and oxygen atoms in total. The van der Waals surface area contributed by atoms with E-state index in [9.17, 15) is 4.79 Å². The van der Waals surface area contributed by atoms with E-state index < -0.39 is 0 Å². The van der Waals surface area contributed by atoms with Crippen LogP contribution >= 0.6 is 0 Å². The molecular weight excluding hydrogens is 284 g/mol. The summed E-state index contributed by atoms with van der Waals surface area (Å²) in [4.78, 5) is 12.3. The van der Waals surface area contributed by atoms with Crippen LogP contribution < -0.4 is 4.74 Å². The molecule has 1 saturated carbocycles. The van der Waals surface area contributed by atoms with Crippen LogP contribution in [0, 0.1) is 5.92 Å². The van der Waals surface area contributed by atoms with E-state index >= 15 is 0 Å². The molecule has 0 atom stereocenters. The predicted molar refractivity (Wildman–Crippen MR) is 94.2 cm³/mol. The van der Waals surface area contributed by atoms with E-state index in [0.29, 0.717) is 12.3 Å². The summed E-state index contributed by atoms with van der Waals surface area (Å²) in [5.41, 5.74) is 4.27. The third-order valence-electron chi connectivity index (χ3n) is 4.39. The lowest BCUT2D eigenvalue weighted by atomic mass is 9.96. The molecule has 1 fully saturated rings. The molecule has 0 aromatic heterocycles. The van der Waals surface area contributed by atoms with Gasteiger partial charge in [-0.2, -0.15) is 0 Å². The fraction of sp³-hybridized carbons (Fsp3) is 0.381. The molecule has 23 heavy (non-hydrogen) atoms. The van der Waals surface area contributed by atoms with Crippen LogP contribution in [0.5, 0.6) is 5.75 Å². The van der Waals surface area contributed by atoms with E-state index in [1.807, 2.05) is 18.2 Å². The molecule has 0 spiro atoms. The maximum atomic E-state index is 12.3. The summed E-state index contributed by atoms with van der Waals surface area (Å²) >= 11 is 0. The Bertz CT molecular complexity index is 694. The highest BCUT2D eigenvalue weighted by atomic mass is 16.5. The highest BCUT2D eigenvalue weighted by Gasteiger charge is 2.23. The van der Waals surface area contributed by atoms with Crippen molar-refractivity contribution >= 4 is 5.78 Å². The van der Waals surface area contributed by atoms with Crippen molar-refractivity contribution < 1.29 is 9.53 Å². The molecule has 120 valence electrons. The monoisotopic (exact) mass is 308 g/mol. The standard InChI is InChI=1S/C21H24O2/c1-14(2)12-20(22)18-10-11-21(23-3)19(13-18)17-8-6-16(7-9-17)15-4-5-15/h6-11,13-15H,4-5,12H2,1-3H3. The first kappa shape index (κ1) is 15.8. The molecule has 1 aliphatic carbocycles. The average Bonchev–Trinajstić information content (AvgIpc) is 3.38. The summed E-state index contributed by atoms with van der Waals surface area (Å²) < 4.78 is 5.49. The van der Waals surface area contributed by atoms with Gasteiger partial charge in [0.15, 0.2) is 5.78 Å². The van der Waals surface area contributed by atoms with Crippen molar-refractivity contribution in [2.45, 2.75) is 39.0 Å². The van der Waals surface area contributed by atoms with Crippen LogP contribution in [0.15, 0.2) is 42.5 Å². The average molecular weight is 308 g/mol. The second-order valence-corrected chi connectivity index (χ2v) is 6.83. The minimum absolute atomic E-state index is 0.193. The topological polar surface area (TPSA) is 26.3 Å². The molecule has 2 aromatic rings. The van der Waals surface area contributed by atoms with E-state index in [4.69, 9.17) is 4.74 Å². The molecule has 0 bridgehead atoms. The van der Waals surface area contributed by atoms with Crippen molar-refractivity contribution in [3.05, 3.63) is 53.6 Å². The third kappa shape index (κ3) is 3.64. The molecule has 1 aliphatic rings. The number of hydrogen-bond donors (Lipinski definition) is 0. The first-order valence-corrected chi connectivity index (χ1v) is 8.40. The Labute approximate surface area is 138 Å². The number of carbonyl (C=O) groups excluding carboxylic acids is 1. The van der Waals surface area contributed by atoms with Gasteiger partial charge in [0.1, 0.15) is 5.75 Å². The van der Waals surface area contributed by atoms with Gasteiger partial charge in [-0.3, -0.25) is 4.79 Å². The Hall–Kier alpha value is -2.09. The molecule has 3 rings (SSSR count). The van der Waals surface area contributed by atoms with Gasteiger partial charge < -0.3 is 4.74 Å². The van der Waals surface area contributed by atoms with Crippen LogP contribution in [0.3, 0.4) is 0 Å². The van der Waals surface area contributed by atoms with E-state index in [1.54, 1.807) is 7.11 Å². The maximum absolute atomic E-state index is 12.3. The van der Waals surface area contributed by atoms with Crippen LogP contribution in [0.2, 0.25) is 0 Å². The molecule has 2 aromatic carbocycles. The summed E-state index contributed by atoms with van der Waals surface area (Å²) in [7, 11) is 1.67. The van der Waals surface area contributed by atoms with Crippen LogP contribution in [0.4, 0.5) is 0 Å². The number of methoxy groups -OCH3 is 1. The van der Waals surface area contributed by atoms with Gasteiger partial charge in [0.2, 0.25) is 0 Å². The van der Waals surface area contributed by atoms with Crippen LogP contribution in [-0.4, -0.2) is 12.9 Å². The van der Waals surface area contributed by atoms with Gasteiger partial charge in [-0.25, -0.2) is 0 Å². The second kappa shape index (κ2) is 6.57. The minimum Gasteiger partial charge on any atom is -0.496 e. The first-order chi connectivity index (χ1) is 11.1. The molecule has 0 unspecified atom stereocenters. The van der Waals surface area contributed by atoms with Gasteiger partial charge in [0.05, 0.1) is 7.11 Å². The number of ketones is 1. The summed E-state index contributed by atoms with van der Waals surface area (Å²) in [5.74, 6) is 2.12. The molecule has 0 heterocycles. The molecule has 0 radical (unpaired) electrons. The van der Waals surface area contributed by atoms with Crippen molar-refractivity contribution in [3.8, 4) is 16.9 Å². The summed E-state index contributed by atoms with van der Waals surface area (Å²) in [6.45, 7) is 4.14. The van der Waals surface area contributed by atoms with Gasteiger partial charge >= 0.3 is 0 Å². The smallest absolute Gasteiger partial charge is 0.163 e. The number of carbonyl (C=O) groups is 1. The fourth-order valence-electron chi connectivity index (χ4n) is 2.95. The van der Waals surface area contributed by atoms with Gasteiger partial charge in [-0.15, -0.1) is 0 Å². The number of hydrogen-bond acceptors (Lipinski definition) is 2. The zero-order valence-corrected chi connectivity index (χ0v) is 14.1. The third-order valence-corrected chi connectivity index (χ3v) is 4.39. The molecule has 0 saturated heterocycles. The number of Topliss-reactive ketones (excluding diaryl/α,β-unsaturated/α-hetero) is 1. The molecule has 0 amide bonds. The van der Waals surface area contributed by atoms with E-state index in [-0.39, 0.29) is 5.78 Å². The highest BCUT2D eigenvalue weighted by Crippen LogP contribution is 2.41. The Balaban J connectivity index is 1.93. The Morgan fingerprint density at radius 3 is 2.39 bits per heavy atom. The lowest BCUT2D eigenvalue weighted by molar-refractivity contribution is 0.0968. The Kier molecular flexibility index (Phi) is 4.51. The highest BCUT2D eigenvalue weighted by molar-refractivity contribution is 5.97. The quantitative estimate of drug-likeness (QED) is 0.662. The van der Waals surface area contributed by atoms with Gasteiger partial charge in [-0.1, -0.05) is 38.1 Å². The van der Waals surface area contributed by atoms with Crippen molar-refractivity contribution in [1.29, 1.82) is 0 Å². The second-order valence-electron chi connectivity index (χ2n) is 6.83.